The van der Waals surface area contributed by atoms with Crippen molar-refractivity contribution in [2.24, 2.45) is 10.9 Å². The number of aromatic hydroxyl groups is 1. The number of phenols is 1. The third-order valence-corrected chi connectivity index (χ3v) is 7.79. The Morgan fingerprint density at radius 3 is 2.67 bits per heavy atom. The van der Waals surface area contributed by atoms with Crippen LogP contribution in [0, 0.1) is 5.92 Å². The first-order chi connectivity index (χ1) is 17.3. The smallest absolute Gasteiger partial charge is 0.243 e. The lowest BCUT2D eigenvalue weighted by molar-refractivity contribution is 0.00820. The Morgan fingerprint density at radius 1 is 1.22 bits per heavy atom. The molecule has 2 aliphatic rings. The van der Waals surface area contributed by atoms with Crippen molar-refractivity contribution in [2.75, 3.05) is 32.2 Å². The zero-order valence-corrected chi connectivity index (χ0v) is 20.8. The quantitative estimate of drug-likeness (QED) is 0.442. The summed E-state index contributed by atoms with van der Waals surface area (Å²) in [5, 5.41) is 28.5. The highest BCUT2D eigenvalue weighted by atomic mass is 32.2. The van der Waals surface area contributed by atoms with Gasteiger partial charge in [-0.3, -0.25) is 9.29 Å². The minimum atomic E-state index is -4.16. The molecule has 0 aliphatic carbocycles. The predicted molar refractivity (Wildman–Crippen MR) is 131 cm³/mol. The van der Waals surface area contributed by atoms with Gasteiger partial charge in [0.2, 0.25) is 21.9 Å². The van der Waals surface area contributed by atoms with Crippen LogP contribution in [0.5, 0.6) is 11.5 Å². The Balaban J connectivity index is 1.79. The van der Waals surface area contributed by atoms with Gasteiger partial charge < -0.3 is 24.4 Å². The lowest BCUT2D eigenvalue weighted by Crippen LogP contribution is -2.42. The van der Waals surface area contributed by atoms with Crippen LogP contribution >= 0.6 is 0 Å². The fourth-order valence-corrected chi connectivity index (χ4v) is 5.17. The number of nitrogens with zero attached hydrogens (tertiary/aromatic N) is 4. The van der Waals surface area contributed by atoms with Crippen LogP contribution in [0.15, 0.2) is 40.7 Å². The Morgan fingerprint density at radius 2 is 1.97 bits per heavy atom. The topological polar surface area (TPSA) is 157 Å². The second kappa shape index (κ2) is 10.6. The predicted octanol–water partition coefficient (Wildman–Crippen LogP) is 1.61. The monoisotopic (exact) mass is 517 g/mol. The molecule has 2 atom stereocenters. The molecular weight excluding hydrogens is 490 g/mol. The zero-order valence-electron chi connectivity index (χ0n) is 20.0. The molecule has 0 radical (unpaired) electrons. The molecule has 12 nitrogen and oxygen atoms in total. The van der Waals surface area contributed by atoms with Gasteiger partial charge in [0.1, 0.15) is 22.4 Å². The first-order valence-corrected chi connectivity index (χ1v) is 12.8. The van der Waals surface area contributed by atoms with Crippen molar-refractivity contribution >= 4 is 27.6 Å². The van der Waals surface area contributed by atoms with Crippen LogP contribution in [0.4, 0.5) is 5.95 Å². The molecule has 13 heteroatoms. The molecule has 1 aromatic heterocycles. The van der Waals surface area contributed by atoms with Gasteiger partial charge in [0.15, 0.2) is 11.5 Å². The molecule has 192 valence electrons. The molecule has 3 N–H and O–H groups in total. The molecular formula is C23H27N5O7S. The van der Waals surface area contributed by atoms with E-state index >= 15 is 0 Å². The second-order valence-electron chi connectivity index (χ2n) is 8.22. The van der Waals surface area contributed by atoms with Crippen molar-refractivity contribution in [1.29, 1.82) is 0 Å². The fourth-order valence-electron chi connectivity index (χ4n) is 4.01. The highest BCUT2D eigenvalue weighted by Gasteiger charge is 2.36. The van der Waals surface area contributed by atoms with E-state index in [2.05, 4.69) is 31.4 Å². The van der Waals surface area contributed by atoms with Crippen LogP contribution in [-0.4, -0.2) is 78.1 Å². The minimum absolute atomic E-state index is 0.0419. The molecule has 2 aromatic rings. The van der Waals surface area contributed by atoms with Crippen LogP contribution in [0.2, 0.25) is 0 Å². The Labute approximate surface area is 208 Å². The molecule has 0 amide bonds. The average molecular weight is 518 g/mol. The van der Waals surface area contributed by atoms with Crippen LogP contribution in [0.3, 0.4) is 0 Å². The molecule has 1 saturated heterocycles. The van der Waals surface area contributed by atoms with E-state index in [9.17, 15) is 18.6 Å². The fraction of sp³-hybridized carbons (Fsp3) is 0.435. The van der Waals surface area contributed by atoms with E-state index in [4.69, 9.17) is 14.2 Å². The summed E-state index contributed by atoms with van der Waals surface area (Å²) in [6.07, 6.45) is 1.47. The maximum absolute atomic E-state index is 13.3. The van der Waals surface area contributed by atoms with Crippen LogP contribution < -0.4 is 9.46 Å². The van der Waals surface area contributed by atoms with E-state index in [1.807, 2.05) is 0 Å². The van der Waals surface area contributed by atoms with Crippen molar-refractivity contribution in [2.45, 2.75) is 31.1 Å². The van der Waals surface area contributed by atoms with Gasteiger partial charge >= 0.3 is 0 Å². The minimum Gasteiger partial charge on any atom is -0.506 e. The average Bonchev–Trinajstić information content (AvgIpc) is 3.30. The maximum atomic E-state index is 13.3. The van der Waals surface area contributed by atoms with Crippen molar-refractivity contribution < 1.29 is 32.8 Å². The number of anilines is 1. The normalized spacial score (nSPS) is 17.8. The van der Waals surface area contributed by atoms with Crippen molar-refractivity contribution in [1.82, 2.24) is 14.8 Å². The zero-order chi connectivity index (χ0) is 25.9. The van der Waals surface area contributed by atoms with Gasteiger partial charge in [-0.25, -0.2) is 13.4 Å². The third-order valence-electron chi connectivity index (χ3n) is 6.07. The number of ether oxygens (including phenoxy) is 3. The molecule has 1 fully saturated rings. The van der Waals surface area contributed by atoms with Gasteiger partial charge in [0.05, 0.1) is 26.4 Å². The number of aliphatic hydroxyl groups excluding tert-OH is 1. The largest absolute Gasteiger partial charge is 0.506 e. The Bertz CT molecular complexity index is 1370. The summed E-state index contributed by atoms with van der Waals surface area (Å²) < 4.78 is 46.2. The SMILES string of the molecule is COC1=NC(c2nnc(NS(=O)(=O)[C@@H](C)[C@H](O)C3CCOCC3)n2-c2c(O)cccc2OC)=C=C=C1. The first kappa shape index (κ1) is 25.5. The lowest BCUT2D eigenvalue weighted by atomic mass is 9.92. The third kappa shape index (κ3) is 5.01. The number of benzene rings is 1. The van der Waals surface area contributed by atoms with Gasteiger partial charge in [0, 0.05) is 13.2 Å². The summed E-state index contributed by atoms with van der Waals surface area (Å²) in [6.45, 7) is 2.36. The molecule has 0 saturated carbocycles. The number of rotatable bonds is 8. The standard InChI is InChI=1S/C23H27N5O7S/c1-14(21(30)15-10-12-35-13-11-15)36(31,32)27-23-26-25-22(16-6-4-9-19(24-16)34-3)28(23)20-17(29)7-5-8-18(20)33-2/h5,7-9,14-15,21,29-30H,10-13H2,1-3H3,(H,26,27)/t14-,21-/m0/s1. The molecule has 0 unspecified atom stereocenters. The van der Waals surface area contributed by atoms with Crippen molar-refractivity contribution in [3.8, 4) is 17.2 Å². The van der Waals surface area contributed by atoms with E-state index in [-0.39, 0.29) is 46.5 Å². The number of nitrogens with one attached hydrogen (secondary N) is 1. The molecule has 1 aromatic carbocycles. The van der Waals surface area contributed by atoms with Crippen LogP contribution in [-0.2, 0) is 19.5 Å². The number of aromatic nitrogens is 3. The Hall–Kier alpha value is -3.60. The summed E-state index contributed by atoms with van der Waals surface area (Å²) in [4.78, 5) is 4.28. The summed E-state index contributed by atoms with van der Waals surface area (Å²) in [5.41, 5.74) is 5.76. The van der Waals surface area contributed by atoms with Crippen molar-refractivity contribution in [3.63, 3.8) is 0 Å². The van der Waals surface area contributed by atoms with Crippen molar-refractivity contribution in [3.05, 3.63) is 41.6 Å². The molecule has 0 bridgehead atoms. The first-order valence-electron chi connectivity index (χ1n) is 11.2. The van der Waals surface area contributed by atoms with Gasteiger partial charge in [-0.2, -0.15) is 0 Å². The van der Waals surface area contributed by atoms with E-state index in [0.29, 0.717) is 26.1 Å². The summed E-state index contributed by atoms with van der Waals surface area (Å²) in [7, 11) is -1.32. The van der Waals surface area contributed by atoms with E-state index in [1.165, 1.54) is 37.9 Å². The highest BCUT2D eigenvalue weighted by molar-refractivity contribution is 7.93. The number of aliphatic imine (C=N–C) groups is 1. The van der Waals surface area contributed by atoms with Crippen LogP contribution in [0.1, 0.15) is 25.6 Å². The number of phenolic OH excluding ortho intramolecular Hbond substituents is 1. The van der Waals surface area contributed by atoms with Gasteiger partial charge in [0.25, 0.3) is 0 Å². The molecule has 4 rings (SSSR count). The summed E-state index contributed by atoms with van der Waals surface area (Å²) >= 11 is 0. The number of aliphatic hydroxyl groups is 1. The molecule has 2 aliphatic heterocycles. The number of hydrogen-bond donors (Lipinski definition) is 3. The van der Waals surface area contributed by atoms with Crippen LogP contribution in [0.25, 0.3) is 11.4 Å². The van der Waals surface area contributed by atoms with Gasteiger partial charge in [-0.1, -0.05) is 11.8 Å². The Kier molecular flexibility index (Phi) is 7.48. The molecule has 36 heavy (non-hydrogen) atoms. The number of para-hydroxylation sites is 1. The van der Waals surface area contributed by atoms with E-state index in [1.54, 1.807) is 12.1 Å². The second-order valence-corrected chi connectivity index (χ2v) is 10.3. The van der Waals surface area contributed by atoms with Gasteiger partial charge in [-0.05, 0) is 43.5 Å². The van der Waals surface area contributed by atoms with E-state index < -0.39 is 21.4 Å². The summed E-state index contributed by atoms with van der Waals surface area (Å²) in [6, 6.07) is 4.57. The maximum Gasteiger partial charge on any atom is 0.243 e. The van der Waals surface area contributed by atoms with Gasteiger partial charge in [-0.15, -0.1) is 10.2 Å². The highest BCUT2D eigenvalue weighted by Crippen LogP contribution is 2.36. The summed E-state index contributed by atoms with van der Waals surface area (Å²) in [5.74, 6) is -0.202. The lowest BCUT2D eigenvalue weighted by Gasteiger charge is -2.30. The number of methoxy groups -OCH3 is 2. The number of hydrogen-bond acceptors (Lipinski definition) is 10. The van der Waals surface area contributed by atoms with E-state index in [0.717, 1.165) is 0 Å². The number of sulfonamides is 1. The molecule has 3 heterocycles. The molecule has 0 spiro atoms.